The van der Waals surface area contributed by atoms with Crippen molar-refractivity contribution in [3.05, 3.63) is 48.3 Å². The highest BCUT2D eigenvalue weighted by Gasteiger charge is 2.39. The normalized spacial score (nSPS) is 25.2. The average molecular weight is 340 g/mol. The molecular weight excluding hydrogens is 312 g/mol. The van der Waals surface area contributed by atoms with Crippen LogP contribution in [0.15, 0.2) is 42.7 Å². The number of likely N-dealkylation sites (tertiary alicyclic amines) is 1. The van der Waals surface area contributed by atoms with Gasteiger partial charge in [-0.05, 0) is 31.5 Å². The van der Waals surface area contributed by atoms with E-state index in [1.54, 1.807) is 0 Å². The van der Waals surface area contributed by atoms with Crippen molar-refractivity contribution in [2.75, 3.05) is 44.3 Å². The number of rotatable bonds is 3. The second-order valence-corrected chi connectivity index (χ2v) is 7.65. The molecule has 5 heteroatoms. The van der Waals surface area contributed by atoms with Crippen LogP contribution in [-0.4, -0.2) is 54.1 Å². The monoisotopic (exact) mass is 340 g/mol. The van der Waals surface area contributed by atoms with Gasteiger partial charge in [-0.15, -0.1) is 0 Å². The van der Waals surface area contributed by atoms with Crippen LogP contribution in [0.3, 0.4) is 0 Å². The molecule has 2 saturated heterocycles. The van der Waals surface area contributed by atoms with Gasteiger partial charge in [-0.2, -0.15) is 5.10 Å². The number of benzene rings is 1. The Labute approximate surface area is 150 Å². The summed E-state index contributed by atoms with van der Waals surface area (Å²) in [6, 6.07) is 10.8. The summed E-state index contributed by atoms with van der Waals surface area (Å²) in [5.74, 6) is 0. The molecule has 3 heterocycles. The van der Waals surface area contributed by atoms with Crippen molar-refractivity contribution in [3.8, 4) is 0 Å². The molecule has 1 atom stereocenters. The minimum Gasteiger partial charge on any atom is -0.379 e. The summed E-state index contributed by atoms with van der Waals surface area (Å²) < 4.78 is 7.95. The van der Waals surface area contributed by atoms with Crippen molar-refractivity contribution in [1.82, 2.24) is 14.7 Å². The largest absolute Gasteiger partial charge is 0.379 e. The van der Waals surface area contributed by atoms with Crippen LogP contribution >= 0.6 is 0 Å². The molecule has 2 fully saturated rings. The van der Waals surface area contributed by atoms with Gasteiger partial charge in [0.15, 0.2) is 0 Å². The van der Waals surface area contributed by atoms with E-state index in [1.807, 2.05) is 17.9 Å². The molecule has 0 radical (unpaired) electrons. The van der Waals surface area contributed by atoms with Crippen LogP contribution in [0, 0.1) is 5.41 Å². The first-order valence-corrected chi connectivity index (χ1v) is 9.30. The van der Waals surface area contributed by atoms with Crippen LogP contribution in [0.25, 0.3) is 0 Å². The van der Waals surface area contributed by atoms with Gasteiger partial charge in [-0.3, -0.25) is 9.58 Å². The van der Waals surface area contributed by atoms with Gasteiger partial charge >= 0.3 is 0 Å². The third kappa shape index (κ3) is 3.88. The van der Waals surface area contributed by atoms with E-state index in [4.69, 9.17) is 4.74 Å². The molecule has 0 amide bonds. The second kappa shape index (κ2) is 7.18. The van der Waals surface area contributed by atoms with E-state index in [2.05, 4.69) is 51.4 Å². The van der Waals surface area contributed by atoms with Gasteiger partial charge in [-0.1, -0.05) is 18.2 Å². The Kier molecular flexibility index (Phi) is 4.77. The highest BCUT2D eigenvalue weighted by Crippen LogP contribution is 2.35. The number of para-hydroxylation sites is 1. The number of hydrogen-bond acceptors (Lipinski definition) is 4. The highest BCUT2D eigenvalue weighted by atomic mass is 16.5. The smallest absolute Gasteiger partial charge is 0.0641 e. The zero-order valence-electron chi connectivity index (χ0n) is 15.1. The molecule has 25 heavy (non-hydrogen) atoms. The average Bonchev–Trinajstić information content (AvgIpc) is 2.92. The van der Waals surface area contributed by atoms with Gasteiger partial charge < -0.3 is 9.64 Å². The van der Waals surface area contributed by atoms with Gasteiger partial charge in [0, 0.05) is 56.1 Å². The topological polar surface area (TPSA) is 33.5 Å². The number of nitrogens with zero attached hydrogens (tertiary/aromatic N) is 4. The van der Waals surface area contributed by atoms with Gasteiger partial charge in [0.25, 0.3) is 0 Å². The molecule has 1 aromatic heterocycles. The minimum atomic E-state index is 0.229. The summed E-state index contributed by atoms with van der Waals surface area (Å²) in [6.07, 6.45) is 6.61. The lowest BCUT2D eigenvalue weighted by molar-refractivity contribution is 0.0106. The van der Waals surface area contributed by atoms with E-state index >= 15 is 0 Å². The van der Waals surface area contributed by atoms with Crippen LogP contribution in [0.2, 0.25) is 0 Å². The summed E-state index contributed by atoms with van der Waals surface area (Å²) in [5, 5.41) is 4.31. The fraction of sp³-hybridized carbons (Fsp3) is 0.550. The Morgan fingerprint density at radius 3 is 2.84 bits per heavy atom. The molecule has 0 N–H and O–H groups in total. The predicted octanol–water partition coefficient (Wildman–Crippen LogP) is 2.54. The van der Waals surface area contributed by atoms with Crippen molar-refractivity contribution in [1.29, 1.82) is 0 Å². The van der Waals surface area contributed by atoms with E-state index in [0.29, 0.717) is 0 Å². The van der Waals surface area contributed by atoms with E-state index in [-0.39, 0.29) is 5.41 Å². The van der Waals surface area contributed by atoms with Crippen LogP contribution < -0.4 is 4.90 Å². The van der Waals surface area contributed by atoms with Crippen LogP contribution in [0.5, 0.6) is 0 Å². The lowest BCUT2D eigenvalue weighted by Gasteiger charge is -2.44. The first-order chi connectivity index (χ1) is 12.2. The quantitative estimate of drug-likeness (QED) is 0.860. The van der Waals surface area contributed by atoms with Crippen molar-refractivity contribution in [2.45, 2.75) is 19.4 Å². The number of piperidine rings is 1. The van der Waals surface area contributed by atoms with Gasteiger partial charge in [0.2, 0.25) is 0 Å². The van der Waals surface area contributed by atoms with Crippen molar-refractivity contribution in [3.63, 3.8) is 0 Å². The van der Waals surface area contributed by atoms with Gasteiger partial charge in [0.1, 0.15) is 0 Å². The molecular formula is C20H28N4O. The van der Waals surface area contributed by atoms with E-state index < -0.39 is 0 Å². The fourth-order valence-corrected chi connectivity index (χ4v) is 4.36. The van der Waals surface area contributed by atoms with Gasteiger partial charge in [0.05, 0.1) is 19.4 Å². The molecule has 1 spiro atoms. The Hall–Kier alpha value is -1.85. The highest BCUT2D eigenvalue weighted by molar-refractivity contribution is 5.46. The SMILES string of the molecule is Cn1cc(CN2CCC[C@]3(COCCN(c4ccccc4)C3)C2)cn1. The molecule has 0 bridgehead atoms. The molecule has 2 aliphatic rings. The van der Waals surface area contributed by atoms with Crippen molar-refractivity contribution >= 4 is 5.69 Å². The molecule has 0 aliphatic carbocycles. The third-order valence-electron chi connectivity index (χ3n) is 5.47. The standard InChI is InChI=1S/C20H28N4O/c1-22-13-18(12-21-22)14-23-9-5-8-20(15-23)16-24(10-11-25-17-20)19-6-3-2-4-7-19/h2-4,6-7,12-13H,5,8-11,14-17H2,1H3/t20-/m0/s1. The second-order valence-electron chi connectivity index (χ2n) is 7.65. The Bertz CT molecular complexity index is 686. The zero-order valence-corrected chi connectivity index (χ0v) is 15.1. The predicted molar refractivity (Wildman–Crippen MR) is 99.6 cm³/mol. The lowest BCUT2D eigenvalue weighted by atomic mass is 9.80. The minimum absolute atomic E-state index is 0.229. The molecule has 0 saturated carbocycles. The van der Waals surface area contributed by atoms with Gasteiger partial charge in [-0.25, -0.2) is 0 Å². The lowest BCUT2D eigenvalue weighted by Crippen LogP contribution is -2.50. The summed E-state index contributed by atoms with van der Waals surface area (Å²) in [4.78, 5) is 5.10. The maximum atomic E-state index is 6.06. The number of aryl methyl sites for hydroxylation is 1. The number of ether oxygens (including phenoxy) is 1. The molecule has 0 unspecified atom stereocenters. The molecule has 2 aliphatic heterocycles. The van der Waals surface area contributed by atoms with Crippen molar-refractivity contribution < 1.29 is 4.74 Å². The Morgan fingerprint density at radius 2 is 2.04 bits per heavy atom. The summed E-state index contributed by atoms with van der Waals surface area (Å²) in [7, 11) is 1.98. The summed E-state index contributed by atoms with van der Waals surface area (Å²) in [6.45, 7) is 7.02. The van der Waals surface area contributed by atoms with E-state index in [0.717, 1.165) is 39.4 Å². The number of hydrogen-bond donors (Lipinski definition) is 0. The summed E-state index contributed by atoms with van der Waals surface area (Å²) in [5.41, 5.74) is 2.85. The molecule has 134 valence electrons. The van der Waals surface area contributed by atoms with Crippen LogP contribution in [0.4, 0.5) is 5.69 Å². The molecule has 1 aromatic carbocycles. The molecule has 2 aromatic rings. The first-order valence-electron chi connectivity index (χ1n) is 9.30. The van der Waals surface area contributed by atoms with E-state index in [9.17, 15) is 0 Å². The maximum absolute atomic E-state index is 6.06. The van der Waals surface area contributed by atoms with Crippen LogP contribution in [0.1, 0.15) is 18.4 Å². The zero-order chi connectivity index (χ0) is 17.1. The number of aromatic nitrogens is 2. The molecule has 5 nitrogen and oxygen atoms in total. The first kappa shape index (κ1) is 16.6. The molecule has 4 rings (SSSR count). The number of anilines is 1. The van der Waals surface area contributed by atoms with Crippen LogP contribution in [-0.2, 0) is 18.3 Å². The van der Waals surface area contributed by atoms with Crippen molar-refractivity contribution in [2.24, 2.45) is 12.5 Å². The summed E-state index contributed by atoms with van der Waals surface area (Å²) >= 11 is 0. The third-order valence-corrected chi connectivity index (χ3v) is 5.47. The van der Waals surface area contributed by atoms with E-state index in [1.165, 1.54) is 30.6 Å². The maximum Gasteiger partial charge on any atom is 0.0641 e. The Morgan fingerprint density at radius 1 is 1.16 bits per heavy atom. The Balaban J connectivity index is 1.48. The fourth-order valence-electron chi connectivity index (χ4n) is 4.36.